The number of hydrogen-bond donors (Lipinski definition) is 1. The summed E-state index contributed by atoms with van der Waals surface area (Å²) < 4.78 is 5.62. The highest BCUT2D eigenvalue weighted by Gasteiger charge is 1.97. The van der Waals surface area contributed by atoms with Crippen LogP contribution in [0.5, 0.6) is 5.75 Å². The fourth-order valence-corrected chi connectivity index (χ4v) is 2.15. The Labute approximate surface area is 99.1 Å². The summed E-state index contributed by atoms with van der Waals surface area (Å²) in [5.74, 6) is 0.822. The summed E-state index contributed by atoms with van der Waals surface area (Å²) in [5, 5.41) is 11.1. The van der Waals surface area contributed by atoms with Crippen LogP contribution in [0.25, 0.3) is 0 Å². The van der Waals surface area contributed by atoms with Crippen molar-refractivity contribution in [2.45, 2.75) is 13.0 Å². The van der Waals surface area contributed by atoms with Gasteiger partial charge in [-0.15, -0.1) is 11.3 Å². The van der Waals surface area contributed by atoms with Gasteiger partial charge in [0.05, 0.1) is 13.2 Å². The summed E-state index contributed by atoms with van der Waals surface area (Å²) in [6.45, 7) is 0.734. The topological polar surface area (TPSA) is 29.5 Å². The highest BCUT2D eigenvalue weighted by molar-refractivity contribution is 7.09. The van der Waals surface area contributed by atoms with Crippen LogP contribution in [0.1, 0.15) is 10.4 Å². The molecule has 0 radical (unpaired) electrons. The van der Waals surface area contributed by atoms with E-state index in [0.29, 0.717) is 6.61 Å². The number of aliphatic hydroxyl groups is 1. The summed E-state index contributed by atoms with van der Waals surface area (Å²) in [4.78, 5) is 1.33. The molecule has 1 aromatic heterocycles. The molecule has 0 bridgehead atoms. The third kappa shape index (κ3) is 3.08. The molecule has 0 unspecified atom stereocenters. The maximum absolute atomic E-state index is 8.98. The maximum atomic E-state index is 8.98. The zero-order chi connectivity index (χ0) is 11.2. The van der Waals surface area contributed by atoms with Crippen LogP contribution in [0.3, 0.4) is 0 Å². The van der Waals surface area contributed by atoms with Crippen molar-refractivity contribution in [3.63, 3.8) is 0 Å². The third-order valence-corrected chi connectivity index (χ3v) is 3.21. The van der Waals surface area contributed by atoms with Crippen molar-refractivity contribution in [2.24, 2.45) is 0 Å². The Kier molecular flexibility index (Phi) is 3.97. The van der Waals surface area contributed by atoms with E-state index in [1.165, 1.54) is 4.88 Å². The first kappa shape index (κ1) is 11.2. The Morgan fingerprint density at radius 2 is 2.12 bits per heavy atom. The van der Waals surface area contributed by atoms with Crippen LogP contribution in [0, 0.1) is 0 Å². The van der Waals surface area contributed by atoms with Gasteiger partial charge in [0, 0.05) is 11.3 Å². The van der Waals surface area contributed by atoms with Gasteiger partial charge in [0.15, 0.2) is 0 Å². The summed E-state index contributed by atoms with van der Waals surface area (Å²) in [6, 6.07) is 11.7. The molecule has 2 rings (SSSR count). The van der Waals surface area contributed by atoms with E-state index in [-0.39, 0.29) is 6.61 Å². The lowest BCUT2D eigenvalue weighted by Crippen LogP contribution is -2.00. The van der Waals surface area contributed by atoms with E-state index in [1.807, 2.05) is 30.3 Å². The fraction of sp³-hybridized carbons (Fsp3) is 0.231. The lowest BCUT2D eigenvalue weighted by molar-refractivity contribution is 0.279. The van der Waals surface area contributed by atoms with Crippen LogP contribution < -0.4 is 4.74 Å². The molecule has 0 aliphatic rings. The van der Waals surface area contributed by atoms with Gasteiger partial charge in [-0.1, -0.05) is 18.2 Å². The van der Waals surface area contributed by atoms with Crippen LogP contribution in [0.2, 0.25) is 0 Å². The van der Waals surface area contributed by atoms with Gasteiger partial charge in [0.1, 0.15) is 5.75 Å². The average Bonchev–Trinajstić information content (AvgIpc) is 2.82. The molecular formula is C13H14O2S. The molecular weight excluding hydrogens is 220 g/mol. The zero-order valence-corrected chi connectivity index (χ0v) is 9.74. The van der Waals surface area contributed by atoms with E-state index in [1.54, 1.807) is 11.3 Å². The standard InChI is InChI=1S/C13H14O2S/c14-10-11-3-1-4-12(9-11)15-7-6-13-5-2-8-16-13/h1-5,8-9,14H,6-7,10H2. The minimum Gasteiger partial charge on any atom is -0.493 e. The van der Waals surface area contributed by atoms with Crippen LogP contribution >= 0.6 is 11.3 Å². The molecule has 0 saturated heterocycles. The second-order valence-electron chi connectivity index (χ2n) is 3.48. The second-order valence-corrected chi connectivity index (χ2v) is 4.52. The van der Waals surface area contributed by atoms with E-state index >= 15 is 0 Å². The maximum Gasteiger partial charge on any atom is 0.119 e. The SMILES string of the molecule is OCc1cccc(OCCc2cccs2)c1. The predicted octanol–water partition coefficient (Wildman–Crippen LogP) is 2.86. The van der Waals surface area contributed by atoms with Crippen molar-refractivity contribution in [1.29, 1.82) is 0 Å². The first-order valence-corrected chi connectivity index (χ1v) is 6.11. The van der Waals surface area contributed by atoms with Gasteiger partial charge < -0.3 is 9.84 Å². The highest BCUT2D eigenvalue weighted by atomic mass is 32.1. The molecule has 0 aliphatic carbocycles. The molecule has 1 N–H and O–H groups in total. The molecule has 0 spiro atoms. The molecule has 1 aromatic carbocycles. The van der Waals surface area contributed by atoms with Crippen LogP contribution in [-0.2, 0) is 13.0 Å². The molecule has 1 heterocycles. The molecule has 2 nitrogen and oxygen atoms in total. The third-order valence-electron chi connectivity index (χ3n) is 2.28. The fourth-order valence-electron chi connectivity index (χ4n) is 1.46. The number of rotatable bonds is 5. The number of hydrogen-bond acceptors (Lipinski definition) is 3. The van der Waals surface area contributed by atoms with Gasteiger partial charge in [-0.25, -0.2) is 0 Å². The van der Waals surface area contributed by atoms with Crippen LogP contribution in [0.15, 0.2) is 41.8 Å². The molecule has 84 valence electrons. The summed E-state index contributed by atoms with van der Waals surface area (Å²) in [6.07, 6.45) is 0.932. The van der Waals surface area contributed by atoms with Crippen molar-refractivity contribution in [1.82, 2.24) is 0 Å². The smallest absolute Gasteiger partial charge is 0.119 e. The number of ether oxygens (including phenoxy) is 1. The van der Waals surface area contributed by atoms with Crippen molar-refractivity contribution in [2.75, 3.05) is 6.61 Å². The lowest BCUT2D eigenvalue weighted by Gasteiger charge is -2.06. The zero-order valence-electron chi connectivity index (χ0n) is 8.93. The summed E-state index contributed by atoms with van der Waals surface area (Å²) in [5.41, 5.74) is 0.883. The molecule has 0 atom stereocenters. The second kappa shape index (κ2) is 5.68. The Hall–Kier alpha value is -1.32. The van der Waals surface area contributed by atoms with Crippen molar-refractivity contribution < 1.29 is 9.84 Å². The van der Waals surface area contributed by atoms with Gasteiger partial charge in [-0.3, -0.25) is 0 Å². The quantitative estimate of drug-likeness (QED) is 0.862. The molecule has 0 fully saturated rings. The van der Waals surface area contributed by atoms with Crippen molar-refractivity contribution >= 4 is 11.3 Å². The largest absolute Gasteiger partial charge is 0.493 e. The van der Waals surface area contributed by atoms with Gasteiger partial charge in [0.2, 0.25) is 0 Å². The number of thiophene rings is 1. The van der Waals surface area contributed by atoms with Gasteiger partial charge >= 0.3 is 0 Å². The first-order valence-electron chi connectivity index (χ1n) is 5.23. The molecule has 3 heteroatoms. The predicted molar refractivity (Wildman–Crippen MR) is 65.9 cm³/mol. The van der Waals surface area contributed by atoms with Gasteiger partial charge in [-0.05, 0) is 29.1 Å². The van der Waals surface area contributed by atoms with Crippen LogP contribution in [0.4, 0.5) is 0 Å². The Bertz CT molecular complexity index is 423. The Morgan fingerprint density at radius 1 is 1.19 bits per heavy atom. The lowest BCUT2D eigenvalue weighted by atomic mass is 10.2. The monoisotopic (exact) mass is 234 g/mol. The summed E-state index contributed by atoms with van der Waals surface area (Å²) in [7, 11) is 0. The summed E-state index contributed by atoms with van der Waals surface area (Å²) >= 11 is 1.75. The van der Waals surface area contributed by atoms with Crippen molar-refractivity contribution in [3.05, 3.63) is 52.2 Å². The normalized spacial score (nSPS) is 10.3. The van der Waals surface area contributed by atoms with Gasteiger partial charge in [-0.2, -0.15) is 0 Å². The Morgan fingerprint density at radius 3 is 2.88 bits per heavy atom. The van der Waals surface area contributed by atoms with Gasteiger partial charge in [0.25, 0.3) is 0 Å². The van der Waals surface area contributed by atoms with E-state index in [9.17, 15) is 0 Å². The minimum atomic E-state index is 0.0577. The molecule has 0 saturated carbocycles. The van der Waals surface area contributed by atoms with Crippen molar-refractivity contribution in [3.8, 4) is 5.75 Å². The minimum absolute atomic E-state index is 0.0577. The highest BCUT2D eigenvalue weighted by Crippen LogP contribution is 2.14. The molecule has 0 aliphatic heterocycles. The molecule has 16 heavy (non-hydrogen) atoms. The Balaban J connectivity index is 1.85. The van der Waals surface area contributed by atoms with E-state index in [4.69, 9.17) is 9.84 Å². The average molecular weight is 234 g/mol. The van der Waals surface area contributed by atoms with Crippen LogP contribution in [-0.4, -0.2) is 11.7 Å². The first-order chi connectivity index (χ1) is 7.88. The number of aliphatic hydroxyl groups excluding tert-OH is 1. The molecule has 0 amide bonds. The molecule has 2 aromatic rings. The van der Waals surface area contributed by atoms with E-state index in [0.717, 1.165) is 17.7 Å². The number of benzene rings is 1. The van der Waals surface area contributed by atoms with E-state index < -0.39 is 0 Å². The van der Waals surface area contributed by atoms with E-state index in [2.05, 4.69) is 11.4 Å².